The van der Waals surface area contributed by atoms with Crippen LogP contribution in [0.5, 0.6) is 0 Å². The average Bonchev–Trinajstić information content (AvgIpc) is 3.40. The van der Waals surface area contributed by atoms with Gasteiger partial charge in [-0.3, -0.25) is 4.98 Å². The van der Waals surface area contributed by atoms with Crippen LogP contribution in [-0.4, -0.2) is 28.2 Å². The maximum Gasteiger partial charge on any atom is 0.222 e. The lowest BCUT2D eigenvalue weighted by atomic mass is 9.95. The first-order chi connectivity index (χ1) is 11.3. The maximum absolute atomic E-state index is 6.15. The van der Waals surface area contributed by atoms with Gasteiger partial charge in [0.1, 0.15) is 0 Å². The van der Waals surface area contributed by atoms with Crippen molar-refractivity contribution >= 4 is 11.6 Å². The molecule has 1 aliphatic heterocycles. The smallest absolute Gasteiger partial charge is 0.222 e. The number of rotatable bonds is 4. The first-order valence-corrected chi connectivity index (χ1v) is 8.71. The summed E-state index contributed by atoms with van der Waals surface area (Å²) in [5, 5.41) is 0.335. The summed E-state index contributed by atoms with van der Waals surface area (Å²) in [6.45, 7) is 1.60. The zero-order valence-corrected chi connectivity index (χ0v) is 13.8. The maximum atomic E-state index is 6.15. The van der Waals surface area contributed by atoms with Crippen LogP contribution in [0.1, 0.15) is 60.2 Å². The first kappa shape index (κ1) is 15.0. The zero-order valence-electron chi connectivity index (χ0n) is 13.0. The van der Waals surface area contributed by atoms with E-state index in [2.05, 4.69) is 33.2 Å². The Bertz CT molecular complexity index is 696. The van der Waals surface area contributed by atoms with Gasteiger partial charge in [0, 0.05) is 43.1 Å². The number of hydrogen-bond acceptors (Lipinski definition) is 4. The van der Waals surface area contributed by atoms with E-state index in [0.29, 0.717) is 17.6 Å². The van der Waals surface area contributed by atoms with Crippen molar-refractivity contribution in [2.45, 2.75) is 43.9 Å². The molecule has 2 aliphatic rings. The number of halogens is 1. The number of pyridine rings is 1. The monoisotopic (exact) mass is 329 g/mol. The van der Waals surface area contributed by atoms with E-state index in [1.807, 2.05) is 6.20 Å². The lowest BCUT2D eigenvalue weighted by Gasteiger charge is -2.21. The molecule has 0 N–H and O–H groups in total. The molecule has 2 fully saturated rings. The highest BCUT2D eigenvalue weighted by molar-refractivity contribution is 6.28. The Balaban J connectivity index is 1.56. The summed E-state index contributed by atoms with van der Waals surface area (Å²) in [4.78, 5) is 13.3. The summed E-state index contributed by atoms with van der Waals surface area (Å²) in [6.07, 6.45) is 7.22. The molecule has 1 saturated carbocycles. The lowest BCUT2D eigenvalue weighted by Crippen LogP contribution is -2.16. The van der Waals surface area contributed by atoms with Crippen LogP contribution in [0.3, 0.4) is 0 Å². The third-order valence-corrected chi connectivity index (χ3v) is 4.83. The Morgan fingerprint density at radius 1 is 1.00 bits per heavy atom. The van der Waals surface area contributed by atoms with Crippen LogP contribution in [0.25, 0.3) is 0 Å². The summed E-state index contributed by atoms with van der Waals surface area (Å²) in [7, 11) is 0. The minimum Gasteiger partial charge on any atom is -0.381 e. The zero-order chi connectivity index (χ0) is 15.6. The van der Waals surface area contributed by atoms with E-state index in [4.69, 9.17) is 16.3 Å². The van der Waals surface area contributed by atoms with Gasteiger partial charge in [-0.1, -0.05) is 0 Å². The van der Waals surface area contributed by atoms with Gasteiger partial charge < -0.3 is 4.74 Å². The van der Waals surface area contributed by atoms with Crippen LogP contribution in [0.2, 0.25) is 5.28 Å². The van der Waals surface area contributed by atoms with Crippen molar-refractivity contribution in [1.82, 2.24) is 15.0 Å². The SMILES string of the molecule is Clc1nc(Cc2cc(C3CC3)ccn2)cc(C2CCOCC2)n1. The van der Waals surface area contributed by atoms with E-state index in [1.165, 1.54) is 18.4 Å². The highest BCUT2D eigenvalue weighted by atomic mass is 35.5. The van der Waals surface area contributed by atoms with Crippen LogP contribution >= 0.6 is 11.6 Å². The Kier molecular flexibility index (Phi) is 4.27. The van der Waals surface area contributed by atoms with Gasteiger partial charge in [-0.25, -0.2) is 9.97 Å². The third kappa shape index (κ3) is 3.70. The topological polar surface area (TPSA) is 47.9 Å². The Labute approximate surface area is 141 Å². The Morgan fingerprint density at radius 3 is 2.61 bits per heavy atom. The summed E-state index contributed by atoms with van der Waals surface area (Å²) >= 11 is 6.15. The normalized spacial score (nSPS) is 19.0. The quantitative estimate of drug-likeness (QED) is 0.798. The molecule has 0 bridgehead atoms. The van der Waals surface area contributed by atoms with Gasteiger partial charge in [-0.15, -0.1) is 0 Å². The van der Waals surface area contributed by atoms with E-state index >= 15 is 0 Å². The van der Waals surface area contributed by atoms with E-state index in [9.17, 15) is 0 Å². The predicted molar refractivity (Wildman–Crippen MR) is 88.9 cm³/mol. The summed E-state index contributed by atoms with van der Waals surface area (Å²) in [5.41, 5.74) is 4.45. The highest BCUT2D eigenvalue weighted by Crippen LogP contribution is 2.40. The van der Waals surface area contributed by atoms with E-state index in [0.717, 1.165) is 49.1 Å². The molecule has 3 heterocycles. The molecule has 1 aliphatic carbocycles. The molecular weight excluding hydrogens is 310 g/mol. The number of aromatic nitrogens is 3. The largest absolute Gasteiger partial charge is 0.381 e. The molecule has 120 valence electrons. The standard InChI is InChI=1S/C18H20ClN3O/c19-18-21-16(11-17(22-18)13-4-7-23-8-5-13)10-15-9-14(3-6-20-15)12-1-2-12/h3,6,9,11-13H,1-2,4-5,7-8,10H2. The molecule has 0 atom stereocenters. The summed E-state index contributed by atoms with van der Waals surface area (Å²) in [5.74, 6) is 1.16. The van der Waals surface area contributed by atoms with Crippen molar-refractivity contribution in [3.8, 4) is 0 Å². The molecule has 23 heavy (non-hydrogen) atoms. The van der Waals surface area contributed by atoms with Crippen LogP contribution in [0, 0.1) is 0 Å². The van der Waals surface area contributed by atoms with Gasteiger partial charge >= 0.3 is 0 Å². The van der Waals surface area contributed by atoms with Gasteiger partial charge in [0.25, 0.3) is 0 Å². The third-order valence-electron chi connectivity index (χ3n) is 4.66. The van der Waals surface area contributed by atoms with E-state index in [1.54, 1.807) is 0 Å². The second kappa shape index (κ2) is 6.54. The molecule has 0 radical (unpaired) electrons. The Morgan fingerprint density at radius 2 is 1.83 bits per heavy atom. The van der Waals surface area contributed by atoms with Crippen molar-refractivity contribution in [3.05, 3.63) is 52.3 Å². The van der Waals surface area contributed by atoms with Crippen LogP contribution in [0.15, 0.2) is 24.4 Å². The fourth-order valence-corrected chi connectivity index (χ4v) is 3.43. The second-order valence-corrected chi connectivity index (χ2v) is 6.81. The van der Waals surface area contributed by atoms with E-state index in [-0.39, 0.29) is 0 Å². The van der Waals surface area contributed by atoms with Crippen molar-refractivity contribution in [3.63, 3.8) is 0 Å². The highest BCUT2D eigenvalue weighted by Gasteiger charge is 2.24. The van der Waals surface area contributed by atoms with E-state index < -0.39 is 0 Å². The molecule has 0 unspecified atom stereocenters. The minimum absolute atomic E-state index is 0.335. The summed E-state index contributed by atoms with van der Waals surface area (Å²) in [6, 6.07) is 6.43. The van der Waals surface area contributed by atoms with Crippen molar-refractivity contribution < 1.29 is 4.74 Å². The van der Waals surface area contributed by atoms with Gasteiger partial charge in [0.05, 0.1) is 5.69 Å². The molecule has 0 spiro atoms. The Hall–Kier alpha value is -1.52. The molecule has 0 aromatic carbocycles. The molecule has 4 rings (SSSR count). The van der Waals surface area contributed by atoms with Crippen molar-refractivity contribution in [2.24, 2.45) is 0 Å². The molecule has 1 saturated heterocycles. The van der Waals surface area contributed by atoms with Gasteiger partial charge in [-0.2, -0.15) is 0 Å². The molecule has 5 heteroatoms. The number of nitrogens with zero attached hydrogens (tertiary/aromatic N) is 3. The van der Waals surface area contributed by atoms with Gasteiger partial charge in [-0.05, 0) is 67.0 Å². The first-order valence-electron chi connectivity index (χ1n) is 8.34. The fourth-order valence-electron chi connectivity index (χ4n) is 3.23. The fraction of sp³-hybridized carbons (Fsp3) is 0.500. The van der Waals surface area contributed by atoms with Crippen LogP contribution in [0.4, 0.5) is 0 Å². The molecule has 2 aromatic rings. The minimum atomic E-state index is 0.335. The van der Waals surface area contributed by atoms with Gasteiger partial charge in [0.2, 0.25) is 5.28 Å². The molecular formula is C18H20ClN3O. The lowest BCUT2D eigenvalue weighted by molar-refractivity contribution is 0.0844. The van der Waals surface area contributed by atoms with Gasteiger partial charge in [0.15, 0.2) is 0 Å². The summed E-state index contributed by atoms with van der Waals surface area (Å²) < 4.78 is 5.43. The van der Waals surface area contributed by atoms with Crippen molar-refractivity contribution in [1.29, 1.82) is 0 Å². The number of ether oxygens (including phenoxy) is 1. The average molecular weight is 330 g/mol. The molecule has 4 nitrogen and oxygen atoms in total. The van der Waals surface area contributed by atoms with Crippen molar-refractivity contribution in [2.75, 3.05) is 13.2 Å². The molecule has 0 amide bonds. The second-order valence-electron chi connectivity index (χ2n) is 6.47. The van der Waals surface area contributed by atoms with Crippen LogP contribution < -0.4 is 0 Å². The predicted octanol–water partition coefficient (Wildman–Crippen LogP) is 3.89. The number of hydrogen-bond donors (Lipinski definition) is 0. The van der Waals surface area contributed by atoms with Crippen LogP contribution in [-0.2, 0) is 11.2 Å². The molecule has 2 aromatic heterocycles.